The number of nitrogens with zero attached hydrogens (tertiary/aromatic N) is 1. The zero-order valence-corrected chi connectivity index (χ0v) is 8.16. The minimum atomic E-state index is -0.827. The molecule has 0 saturated heterocycles. The van der Waals surface area contributed by atoms with E-state index in [1.165, 1.54) is 4.90 Å². The number of aromatic amines is 1. The lowest BCUT2D eigenvalue weighted by Gasteiger charge is -2.24. The van der Waals surface area contributed by atoms with Crippen LogP contribution in [0.5, 0.6) is 0 Å². The summed E-state index contributed by atoms with van der Waals surface area (Å²) in [4.78, 5) is 16.1. The van der Waals surface area contributed by atoms with Gasteiger partial charge in [-0.15, -0.1) is 0 Å². The molecule has 0 aliphatic rings. The van der Waals surface area contributed by atoms with Crippen LogP contribution in [0.25, 0.3) is 0 Å². The number of anilines is 1. The van der Waals surface area contributed by atoms with E-state index in [2.05, 4.69) is 4.98 Å². The number of nitrogens with two attached hydrogens (primary N) is 1. The topological polar surface area (TPSA) is 62.1 Å². The molecule has 0 bridgehead atoms. The van der Waals surface area contributed by atoms with E-state index in [9.17, 15) is 4.79 Å². The van der Waals surface area contributed by atoms with Crippen molar-refractivity contribution in [3.8, 4) is 0 Å². The number of amides is 1. The maximum absolute atomic E-state index is 11.6. The molecule has 0 atom stereocenters. The average Bonchev–Trinajstić information content (AvgIpc) is 2.51. The van der Waals surface area contributed by atoms with Gasteiger partial charge < -0.3 is 15.6 Å². The van der Waals surface area contributed by atoms with Crippen LogP contribution in [0.4, 0.5) is 5.69 Å². The Morgan fingerprint density at radius 2 is 2.23 bits per heavy atom. The van der Waals surface area contributed by atoms with Crippen molar-refractivity contribution in [2.75, 3.05) is 11.9 Å². The van der Waals surface area contributed by atoms with Crippen molar-refractivity contribution in [1.29, 1.82) is 0 Å². The molecule has 4 heteroatoms. The van der Waals surface area contributed by atoms with Crippen molar-refractivity contribution < 1.29 is 4.79 Å². The second kappa shape index (κ2) is 3.22. The van der Waals surface area contributed by atoms with E-state index in [4.69, 9.17) is 5.73 Å². The maximum Gasteiger partial charge on any atom is 0.246 e. The first-order valence-corrected chi connectivity index (χ1v) is 4.13. The van der Waals surface area contributed by atoms with Gasteiger partial charge in [-0.25, -0.2) is 0 Å². The normalized spacial score (nSPS) is 11.4. The highest BCUT2D eigenvalue weighted by Gasteiger charge is 2.26. The molecule has 1 heterocycles. The van der Waals surface area contributed by atoms with Gasteiger partial charge in [-0.3, -0.25) is 4.79 Å². The number of rotatable bonds is 2. The Labute approximate surface area is 77.7 Å². The van der Waals surface area contributed by atoms with Crippen LogP contribution in [0.2, 0.25) is 0 Å². The van der Waals surface area contributed by atoms with Crippen LogP contribution in [0.15, 0.2) is 18.5 Å². The third-order valence-electron chi connectivity index (χ3n) is 1.82. The number of likely N-dealkylation sites (N-methyl/N-ethyl adjacent to an activating group) is 1. The molecule has 13 heavy (non-hydrogen) atoms. The van der Waals surface area contributed by atoms with Gasteiger partial charge in [0, 0.05) is 19.4 Å². The fourth-order valence-electron chi connectivity index (χ4n) is 1.07. The van der Waals surface area contributed by atoms with Gasteiger partial charge in [0.2, 0.25) is 5.91 Å². The molecule has 1 aromatic heterocycles. The summed E-state index contributed by atoms with van der Waals surface area (Å²) in [5.74, 6) is -0.105. The molecule has 1 aromatic rings. The molecule has 72 valence electrons. The third-order valence-corrected chi connectivity index (χ3v) is 1.82. The number of aromatic nitrogens is 1. The largest absolute Gasteiger partial charge is 0.366 e. The van der Waals surface area contributed by atoms with Crippen LogP contribution in [0.1, 0.15) is 13.8 Å². The monoisotopic (exact) mass is 181 g/mol. The van der Waals surface area contributed by atoms with E-state index < -0.39 is 5.54 Å². The molecule has 1 amide bonds. The van der Waals surface area contributed by atoms with Crippen LogP contribution in [-0.2, 0) is 4.79 Å². The lowest BCUT2D eigenvalue weighted by Crippen LogP contribution is -2.49. The summed E-state index contributed by atoms with van der Waals surface area (Å²) in [5.41, 5.74) is 5.68. The number of carbonyl (C=O) groups is 1. The Balaban J connectivity index is 2.81. The van der Waals surface area contributed by atoms with E-state index in [-0.39, 0.29) is 5.91 Å². The first-order valence-electron chi connectivity index (χ1n) is 4.13. The first-order chi connectivity index (χ1) is 5.93. The van der Waals surface area contributed by atoms with E-state index in [1.807, 2.05) is 6.07 Å². The fraction of sp³-hybridized carbons (Fsp3) is 0.444. The zero-order valence-electron chi connectivity index (χ0n) is 8.16. The van der Waals surface area contributed by atoms with Gasteiger partial charge in [-0.2, -0.15) is 0 Å². The fourth-order valence-corrected chi connectivity index (χ4v) is 1.07. The molecule has 0 aliphatic heterocycles. The average molecular weight is 181 g/mol. The number of H-pyrrole nitrogens is 1. The summed E-state index contributed by atoms with van der Waals surface area (Å²) in [6, 6.07) is 1.82. The van der Waals surface area contributed by atoms with Gasteiger partial charge in [-0.1, -0.05) is 0 Å². The maximum atomic E-state index is 11.6. The lowest BCUT2D eigenvalue weighted by molar-refractivity contribution is -0.122. The van der Waals surface area contributed by atoms with E-state index in [1.54, 1.807) is 33.3 Å². The molecule has 0 aromatic carbocycles. The van der Waals surface area contributed by atoms with Gasteiger partial charge in [0.15, 0.2) is 0 Å². The number of hydrogen-bond donors (Lipinski definition) is 2. The van der Waals surface area contributed by atoms with E-state index >= 15 is 0 Å². The highest BCUT2D eigenvalue weighted by molar-refractivity contribution is 5.98. The molecule has 0 spiro atoms. The third kappa shape index (κ3) is 2.09. The molecular formula is C9H15N3O. The SMILES string of the molecule is CN(C(=O)C(C)(C)N)c1cc[nH]c1. The summed E-state index contributed by atoms with van der Waals surface area (Å²) < 4.78 is 0. The van der Waals surface area contributed by atoms with Crippen molar-refractivity contribution in [3.63, 3.8) is 0 Å². The van der Waals surface area contributed by atoms with Crippen LogP contribution >= 0.6 is 0 Å². The molecule has 0 aliphatic carbocycles. The standard InChI is InChI=1S/C9H15N3O/c1-9(2,10)8(13)12(3)7-4-5-11-6-7/h4-6,11H,10H2,1-3H3. The molecule has 0 unspecified atom stereocenters. The van der Waals surface area contributed by atoms with Gasteiger partial charge >= 0.3 is 0 Å². The second-order valence-corrected chi connectivity index (χ2v) is 3.66. The minimum absolute atomic E-state index is 0.105. The number of hydrogen-bond acceptors (Lipinski definition) is 2. The Kier molecular flexibility index (Phi) is 2.43. The number of carbonyl (C=O) groups excluding carboxylic acids is 1. The molecule has 0 saturated carbocycles. The highest BCUT2D eigenvalue weighted by Crippen LogP contribution is 2.13. The van der Waals surface area contributed by atoms with Gasteiger partial charge in [0.05, 0.1) is 11.2 Å². The van der Waals surface area contributed by atoms with Crippen LogP contribution in [-0.4, -0.2) is 23.5 Å². The predicted molar refractivity (Wildman–Crippen MR) is 52.5 cm³/mol. The Bertz CT molecular complexity index is 284. The van der Waals surface area contributed by atoms with Crippen molar-refractivity contribution in [3.05, 3.63) is 18.5 Å². The molecular weight excluding hydrogens is 166 g/mol. The first kappa shape index (κ1) is 9.80. The molecule has 4 nitrogen and oxygen atoms in total. The van der Waals surface area contributed by atoms with Gasteiger partial charge in [-0.05, 0) is 19.9 Å². The van der Waals surface area contributed by atoms with E-state index in [0.717, 1.165) is 5.69 Å². The predicted octanol–water partition coefficient (Wildman–Crippen LogP) is 0.715. The van der Waals surface area contributed by atoms with Gasteiger partial charge in [0.25, 0.3) is 0 Å². The van der Waals surface area contributed by atoms with Crippen molar-refractivity contribution in [2.24, 2.45) is 5.73 Å². The summed E-state index contributed by atoms with van der Waals surface area (Å²) in [5, 5.41) is 0. The molecule has 0 radical (unpaired) electrons. The van der Waals surface area contributed by atoms with Gasteiger partial charge in [0.1, 0.15) is 0 Å². The lowest BCUT2D eigenvalue weighted by atomic mass is 10.1. The summed E-state index contributed by atoms with van der Waals surface area (Å²) >= 11 is 0. The summed E-state index contributed by atoms with van der Waals surface area (Å²) in [7, 11) is 1.71. The second-order valence-electron chi connectivity index (χ2n) is 3.66. The Hall–Kier alpha value is -1.29. The highest BCUT2D eigenvalue weighted by atomic mass is 16.2. The quantitative estimate of drug-likeness (QED) is 0.706. The van der Waals surface area contributed by atoms with Crippen molar-refractivity contribution >= 4 is 11.6 Å². The Morgan fingerprint density at radius 1 is 1.62 bits per heavy atom. The Morgan fingerprint density at radius 3 is 2.62 bits per heavy atom. The minimum Gasteiger partial charge on any atom is -0.366 e. The smallest absolute Gasteiger partial charge is 0.246 e. The summed E-state index contributed by atoms with van der Waals surface area (Å²) in [6.07, 6.45) is 3.52. The molecule has 3 N–H and O–H groups in total. The summed E-state index contributed by atoms with van der Waals surface area (Å²) in [6.45, 7) is 3.39. The van der Waals surface area contributed by atoms with Crippen molar-refractivity contribution in [1.82, 2.24) is 4.98 Å². The molecule has 0 fully saturated rings. The van der Waals surface area contributed by atoms with E-state index in [0.29, 0.717) is 0 Å². The van der Waals surface area contributed by atoms with Crippen LogP contribution in [0.3, 0.4) is 0 Å². The molecule has 1 rings (SSSR count). The zero-order chi connectivity index (χ0) is 10.1. The van der Waals surface area contributed by atoms with Crippen molar-refractivity contribution in [2.45, 2.75) is 19.4 Å². The van der Waals surface area contributed by atoms with Crippen LogP contribution in [0, 0.1) is 0 Å². The van der Waals surface area contributed by atoms with Crippen LogP contribution < -0.4 is 10.6 Å². The number of nitrogens with one attached hydrogen (secondary N) is 1.